The van der Waals surface area contributed by atoms with Gasteiger partial charge in [-0.25, -0.2) is 14.8 Å². The first-order valence-electron chi connectivity index (χ1n) is 9.02. The molecule has 5 nitrogen and oxygen atoms in total. The van der Waals surface area contributed by atoms with Gasteiger partial charge in [-0.15, -0.1) is 11.3 Å². The van der Waals surface area contributed by atoms with E-state index in [0.29, 0.717) is 15.7 Å². The highest BCUT2D eigenvalue weighted by Crippen LogP contribution is 2.36. The Morgan fingerprint density at radius 1 is 1.07 bits per heavy atom. The zero-order valence-corrected chi connectivity index (χ0v) is 17.5. The first-order valence-corrected chi connectivity index (χ1v) is 10.2. The van der Waals surface area contributed by atoms with Gasteiger partial charge in [0.25, 0.3) is 0 Å². The van der Waals surface area contributed by atoms with Crippen molar-refractivity contribution in [1.82, 2.24) is 9.97 Å². The van der Waals surface area contributed by atoms with Gasteiger partial charge in [0, 0.05) is 10.7 Å². The molecule has 0 fully saturated rings. The molecule has 0 aliphatic carbocycles. The lowest BCUT2D eigenvalue weighted by Crippen LogP contribution is -2.04. The Hall–Kier alpha value is -2.96. The summed E-state index contributed by atoms with van der Waals surface area (Å²) in [6, 6.07) is 15.3. The molecule has 0 saturated carbocycles. The molecular weight excluding hydrogens is 406 g/mol. The lowest BCUT2D eigenvalue weighted by atomic mass is 10.1. The number of rotatable bonds is 5. The highest BCUT2D eigenvalue weighted by molar-refractivity contribution is 7.20. The lowest BCUT2D eigenvalue weighted by molar-refractivity contribution is 0.0478. The average Bonchev–Trinajstić information content (AvgIpc) is 3.08. The van der Waals surface area contributed by atoms with Gasteiger partial charge >= 0.3 is 5.97 Å². The second kappa shape index (κ2) is 8.19. The minimum Gasteiger partial charge on any atom is -0.457 e. The normalized spacial score (nSPS) is 10.9. The van der Waals surface area contributed by atoms with E-state index in [1.165, 1.54) is 17.7 Å². The third-order valence-corrected chi connectivity index (χ3v) is 6.24. The number of thiophene rings is 1. The Morgan fingerprint density at radius 2 is 1.86 bits per heavy atom. The number of ether oxygens (including phenoxy) is 1. The molecule has 4 rings (SSSR count). The maximum absolute atomic E-state index is 12.7. The van der Waals surface area contributed by atoms with Crippen molar-refractivity contribution in [2.45, 2.75) is 20.5 Å². The third-order valence-electron chi connectivity index (χ3n) is 4.65. The molecule has 0 aliphatic heterocycles. The van der Waals surface area contributed by atoms with Crippen LogP contribution < -0.4 is 5.32 Å². The van der Waals surface area contributed by atoms with Crippen molar-refractivity contribution >= 4 is 50.6 Å². The van der Waals surface area contributed by atoms with Crippen molar-refractivity contribution in [3.8, 4) is 0 Å². The SMILES string of the molecule is Cc1c(Cl)cccc1Nc1ncnc2sc(C(=O)OCc3ccccc3)c(C)c12. The van der Waals surface area contributed by atoms with Crippen molar-refractivity contribution in [2.75, 3.05) is 5.32 Å². The number of benzene rings is 2. The van der Waals surface area contributed by atoms with Crippen LogP contribution in [0.15, 0.2) is 54.9 Å². The molecule has 0 aliphatic rings. The number of hydrogen-bond acceptors (Lipinski definition) is 6. The van der Waals surface area contributed by atoms with E-state index in [2.05, 4.69) is 15.3 Å². The fraction of sp³-hybridized carbons (Fsp3) is 0.136. The van der Waals surface area contributed by atoms with E-state index in [0.717, 1.165) is 32.6 Å². The minimum atomic E-state index is -0.362. The van der Waals surface area contributed by atoms with Gasteiger partial charge in [-0.2, -0.15) is 0 Å². The van der Waals surface area contributed by atoms with Gasteiger partial charge in [-0.05, 0) is 42.7 Å². The zero-order valence-electron chi connectivity index (χ0n) is 15.9. The number of nitrogens with zero attached hydrogens (tertiary/aromatic N) is 2. The average molecular weight is 424 g/mol. The summed E-state index contributed by atoms with van der Waals surface area (Å²) in [6.07, 6.45) is 1.49. The van der Waals surface area contributed by atoms with E-state index in [-0.39, 0.29) is 12.6 Å². The van der Waals surface area contributed by atoms with Gasteiger partial charge in [0.15, 0.2) is 0 Å². The predicted octanol–water partition coefficient (Wildman–Crippen LogP) is 6.06. The molecule has 146 valence electrons. The van der Waals surface area contributed by atoms with Crippen molar-refractivity contribution in [1.29, 1.82) is 0 Å². The van der Waals surface area contributed by atoms with Gasteiger partial charge < -0.3 is 10.1 Å². The summed E-state index contributed by atoms with van der Waals surface area (Å²) in [5.41, 5.74) is 3.52. The fourth-order valence-corrected chi connectivity index (χ4v) is 4.24. The van der Waals surface area contributed by atoms with E-state index < -0.39 is 0 Å². The molecule has 4 aromatic rings. The molecule has 1 N–H and O–H groups in total. The van der Waals surface area contributed by atoms with Crippen LogP contribution in [-0.4, -0.2) is 15.9 Å². The first-order chi connectivity index (χ1) is 14.0. The molecule has 2 aromatic carbocycles. The second-order valence-corrected chi connectivity index (χ2v) is 7.96. The topological polar surface area (TPSA) is 64.1 Å². The maximum atomic E-state index is 12.7. The zero-order chi connectivity index (χ0) is 20.4. The summed E-state index contributed by atoms with van der Waals surface area (Å²) in [5, 5.41) is 4.81. The largest absolute Gasteiger partial charge is 0.457 e. The van der Waals surface area contributed by atoms with Crippen LogP contribution in [0.4, 0.5) is 11.5 Å². The van der Waals surface area contributed by atoms with Crippen LogP contribution in [0.5, 0.6) is 0 Å². The molecule has 0 spiro atoms. The quantitative estimate of drug-likeness (QED) is 0.395. The molecular formula is C22H18ClN3O2S. The van der Waals surface area contributed by atoms with Crippen molar-refractivity contribution in [3.63, 3.8) is 0 Å². The van der Waals surface area contributed by atoms with Crippen molar-refractivity contribution in [2.24, 2.45) is 0 Å². The molecule has 2 heterocycles. The van der Waals surface area contributed by atoms with Crippen molar-refractivity contribution in [3.05, 3.63) is 81.4 Å². The number of nitrogens with one attached hydrogen (secondary N) is 1. The molecule has 29 heavy (non-hydrogen) atoms. The molecule has 0 unspecified atom stereocenters. The van der Waals surface area contributed by atoms with E-state index >= 15 is 0 Å². The van der Waals surface area contributed by atoms with Gasteiger partial charge in [0.1, 0.15) is 28.5 Å². The summed E-state index contributed by atoms with van der Waals surface area (Å²) >= 11 is 7.54. The number of carbonyl (C=O) groups excluding carboxylic acids is 1. The summed E-state index contributed by atoms with van der Waals surface area (Å²) in [7, 11) is 0. The molecule has 0 amide bonds. The number of aryl methyl sites for hydroxylation is 1. The highest BCUT2D eigenvalue weighted by Gasteiger charge is 2.21. The molecule has 2 aromatic heterocycles. The van der Waals surface area contributed by atoms with E-state index in [9.17, 15) is 4.79 Å². The van der Waals surface area contributed by atoms with Crippen LogP contribution in [0.1, 0.15) is 26.4 Å². The molecule has 0 bridgehead atoms. The maximum Gasteiger partial charge on any atom is 0.349 e. The first kappa shape index (κ1) is 19.4. The van der Waals surface area contributed by atoms with Gasteiger partial charge in [-0.3, -0.25) is 0 Å². The number of aromatic nitrogens is 2. The van der Waals surface area contributed by atoms with E-state index in [1.54, 1.807) is 0 Å². The number of carbonyl (C=O) groups is 1. The molecule has 0 radical (unpaired) electrons. The Bertz CT molecular complexity index is 1190. The number of anilines is 2. The number of esters is 1. The minimum absolute atomic E-state index is 0.228. The smallest absolute Gasteiger partial charge is 0.349 e. The monoisotopic (exact) mass is 423 g/mol. The highest BCUT2D eigenvalue weighted by atomic mass is 35.5. The van der Waals surface area contributed by atoms with Gasteiger partial charge in [0.05, 0.1) is 5.39 Å². The summed E-state index contributed by atoms with van der Waals surface area (Å²) in [6.45, 7) is 4.05. The van der Waals surface area contributed by atoms with Gasteiger partial charge in [0.2, 0.25) is 0 Å². The second-order valence-electron chi connectivity index (χ2n) is 6.56. The van der Waals surface area contributed by atoms with Crippen LogP contribution in [0.2, 0.25) is 5.02 Å². The van der Waals surface area contributed by atoms with Crippen LogP contribution in [0.25, 0.3) is 10.2 Å². The standard InChI is InChI=1S/C22H18ClN3O2S/c1-13-16(23)9-6-10-17(13)26-20-18-14(2)19(29-21(18)25-12-24-20)22(27)28-11-15-7-4-3-5-8-15/h3-10,12H,11H2,1-2H3,(H,24,25,26). The predicted molar refractivity (Wildman–Crippen MR) is 117 cm³/mol. The number of fused-ring (bicyclic) bond motifs is 1. The van der Waals surface area contributed by atoms with E-state index in [1.807, 2.05) is 62.4 Å². The van der Waals surface area contributed by atoms with Crippen LogP contribution in [0, 0.1) is 13.8 Å². The van der Waals surface area contributed by atoms with Crippen LogP contribution in [0.3, 0.4) is 0 Å². The summed E-state index contributed by atoms with van der Waals surface area (Å²) in [5.74, 6) is 0.274. The van der Waals surface area contributed by atoms with Crippen LogP contribution >= 0.6 is 22.9 Å². The third kappa shape index (κ3) is 3.95. The van der Waals surface area contributed by atoms with Gasteiger partial charge in [-0.1, -0.05) is 48.0 Å². The van der Waals surface area contributed by atoms with Crippen LogP contribution in [-0.2, 0) is 11.3 Å². The Balaban J connectivity index is 1.64. The molecule has 7 heteroatoms. The van der Waals surface area contributed by atoms with E-state index in [4.69, 9.17) is 16.3 Å². The Kier molecular flexibility index (Phi) is 5.47. The summed E-state index contributed by atoms with van der Waals surface area (Å²) in [4.78, 5) is 22.7. The summed E-state index contributed by atoms with van der Waals surface area (Å²) < 4.78 is 5.50. The van der Waals surface area contributed by atoms with Crippen molar-refractivity contribution < 1.29 is 9.53 Å². The molecule has 0 saturated heterocycles. The fourth-order valence-electron chi connectivity index (χ4n) is 3.02. The Labute approximate surface area is 177 Å². The number of halogens is 1. The number of hydrogen-bond donors (Lipinski definition) is 1. The molecule has 0 atom stereocenters. The Morgan fingerprint density at radius 3 is 2.66 bits per heavy atom. The lowest BCUT2D eigenvalue weighted by Gasteiger charge is -2.11.